The van der Waals surface area contributed by atoms with Gasteiger partial charge >= 0.3 is 0 Å². The molecule has 0 spiro atoms. The van der Waals surface area contributed by atoms with Crippen LogP contribution in [0.15, 0.2) is 36.4 Å². The van der Waals surface area contributed by atoms with Crippen LogP contribution in [-0.2, 0) is 4.79 Å². The number of nitrogens with two attached hydrogens (primary N) is 2. The average Bonchev–Trinajstić information content (AvgIpc) is 2.40. The lowest BCUT2D eigenvalue weighted by Crippen LogP contribution is -2.18. The van der Waals surface area contributed by atoms with E-state index in [9.17, 15) is 4.79 Å². The number of nitrogens with one attached hydrogen (secondary N) is 1. The van der Waals surface area contributed by atoms with Crippen molar-refractivity contribution in [3.8, 4) is 0 Å². The highest BCUT2D eigenvalue weighted by atomic mass is 16.1. The highest BCUT2D eigenvalue weighted by molar-refractivity contribution is 5.99. The normalized spacial score (nSPS) is 12.6. The van der Waals surface area contributed by atoms with Gasteiger partial charge in [0.1, 0.15) is 0 Å². The number of benzene rings is 1. The van der Waals surface area contributed by atoms with Crippen molar-refractivity contribution in [3.63, 3.8) is 0 Å². The molecule has 1 aromatic carbocycles. The Kier molecular flexibility index (Phi) is 6.85. The molecule has 5 N–H and O–H groups in total. The first-order valence-corrected chi connectivity index (χ1v) is 6.71. The van der Waals surface area contributed by atoms with Crippen molar-refractivity contribution in [2.24, 2.45) is 11.5 Å². The first-order chi connectivity index (χ1) is 9.19. The minimum atomic E-state index is -0.152. The molecule has 1 aromatic rings. The van der Waals surface area contributed by atoms with Crippen LogP contribution in [0.3, 0.4) is 0 Å². The molecule has 0 heterocycles. The van der Waals surface area contributed by atoms with Crippen LogP contribution in [0.25, 0.3) is 0 Å². The fourth-order valence-electron chi connectivity index (χ4n) is 1.80. The van der Waals surface area contributed by atoms with Gasteiger partial charge in [-0.05, 0) is 37.1 Å². The average molecular weight is 261 g/mol. The van der Waals surface area contributed by atoms with Crippen molar-refractivity contribution < 1.29 is 4.79 Å². The van der Waals surface area contributed by atoms with E-state index in [0.29, 0.717) is 13.0 Å². The number of amides is 1. The Labute approximate surface area is 114 Å². The molecule has 1 atom stereocenters. The first kappa shape index (κ1) is 15.4. The van der Waals surface area contributed by atoms with Gasteiger partial charge < -0.3 is 16.8 Å². The van der Waals surface area contributed by atoms with Crippen LogP contribution in [0, 0.1) is 0 Å². The third kappa shape index (κ3) is 5.24. The number of unbranched alkanes of at least 4 members (excludes halogenated alkanes) is 1. The molecule has 0 aliphatic heterocycles. The zero-order valence-electron chi connectivity index (χ0n) is 11.4. The molecule has 0 radical (unpaired) electrons. The van der Waals surface area contributed by atoms with Crippen LogP contribution in [0.2, 0.25) is 0 Å². The van der Waals surface area contributed by atoms with Gasteiger partial charge in [-0.1, -0.05) is 37.6 Å². The lowest BCUT2D eigenvalue weighted by atomic mass is 10.0. The molecular formula is C15H23N3O. The number of hydrogen-bond donors (Lipinski definition) is 3. The summed E-state index contributed by atoms with van der Waals surface area (Å²) in [5.41, 5.74) is 13.3. The summed E-state index contributed by atoms with van der Waals surface area (Å²) in [7, 11) is 0. The summed E-state index contributed by atoms with van der Waals surface area (Å²) in [6.45, 7) is 2.60. The Bertz CT molecular complexity index is 429. The number of hydrogen-bond acceptors (Lipinski definition) is 3. The molecule has 19 heavy (non-hydrogen) atoms. The molecule has 104 valence electrons. The number of allylic oxidation sites excluding steroid dienone is 1. The highest BCUT2D eigenvalue weighted by Crippen LogP contribution is 2.22. The second kappa shape index (κ2) is 8.45. The Morgan fingerprint density at radius 3 is 2.84 bits per heavy atom. The maximum atomic E-state index is 11.8. The SMILES string of the molecule is CCC/C=C/C(=O)Nc1ccccc1C(N)CCN. The van der Waals surface area contributed by atoms with Crippen molar-refractivity contribution in [1.29, 1.82) is 0 Å². The number of carbonyl (C=O) groups excluding carboxylic acids is 1. The van der Waals surface area contributed by atoms with Crippen LogP contribution < -0.4 is 16.8 Å². The van der Waals surface area contributed by atoms with Crippen molar-refractivity contribution in [2.45, 2.75) is 32.2 Å². The predicted molar refractivity (Wildman–Crippen MR) is 79.7 cm³/mol. The minimum Gasteiger partial charge on any atom is -0.330 e. The van der Waals surface area contributed by atoms with Crippen LogP contribution in [-0.4, -0.2) is 12.5 Å². The zero-order valence-corrected chi connectivity index (χ0v) is 11.4. The molecule has 0 saturated heterocycles. The van der Waals surface area contributed by atoms with Crippen molar-refractivity contribution >= 4 is 11.6 Å². The number of anilines is 1. The third-order valence-electron chi connectivity index (χ3n) is 2.82. The molecule has 0 fully saturated rings. The predicted octanol–water partition coefficient (Wildman–Crippen LogP) is 2.33. The van der Waals surface area contributed by atoms with E-state index in [1.165, 1.54) is 0 Å². The number of para-hydroxylation sites is 1. The Morgan fingerprint density at radius 1 is 1.42 bits per heavy atom. The van der Waals surface area contributed by atoms with Gasteiger partial charge in [0.25, 0.3) is 0 Å². The van der Waals surface area contributed by atoms with Crippen LogP contribution >= 0.6 is 0 Å². The summed E-state index contributed by atoms with van der Waals surface area (Å²) in [5.74, 6) is -0.124. The number of carbonyl (C=O) groups is 1. The first-order valence-electron chi connectivity index (χ1n) is 6.71. The monoisotopic (exact) mass is 261 g/mol. The van der Waals surface area contributed by atoms with Gasteiger partial charge in [-0.15, -0.1) is 0 Å². The lowest BCUT2D eigenvalue weighted by Gasteiger charge is -2.15. The molecular weight excluding hydrogens is 238 g/mol. The molecule has 0 aliphatic carbocycles. The summed E-state index contributed by atoms with van der Waals surface area (Å²) in [5, 5.41) is 2.86. The van der Waals surface area contributed by atoms with E-state index in [4.69, 9.17) is 11.5 Å². The Balaban J connectivity index is 2.75. The molecule has 1 rings (SSSR count). The Hall–Kier alpha value is -1.65. The summed E-state index contributed by atoms with van der Waals surface area (Å²) < 4.78 is 0. The zero-order chi connectivity index (χ0) is 14.1. The fraction of sp³-hybridized carbons (Fsp3) is 0.400. The second-order valence-corrected chi connectivity index (χ2v) is 4.45. The van der Waals surface area contributed by atoms with Gasteiger partial charge in [-0.25, -0.2) is 0 Å². The summed E-state index contributed by atoms with van der Waals surface area (Å²) >= 11 is 0. The van der Waals surface area contributed by atoms with Crippen molar-refractivity contribution in [3.05, 3.63) is 42.0 Å². The van der Waals surface area contributed by atoms with Crippen LogP contribution in [0.4, 0.5) is 5.69 Å². The van der Waals surface area contributed by atoms with E-state index >= 15 is 0 Å². The van der Waals surface area contributed by atoms with Gasteiger partial charge in [0.05, 0.1) is 0 Å². The standard InChI is InChI=1S/C15H23N3O/c1-2-3-4-9-15(19)18-14-8-6-5-7-12(14)13(17)10-11-16/h4-9,13H,2-3,10-11,16-17H2,1H3,(H,18,19)/b9-4+. The van der Waals surface area contributed by atoms with Crippen LogP contribution in [0.1, 0.15) is 37.8 Å². The van der Waals surface area contributed by atoms with Crippen molar-refractivity contribution in [2.75, 3.05) is 11.9 Å². The molecule has 0 aromatic heterocycles. The Morgan fingerprint density at radius 2 is 2.16 bits per heavy atom. The molecule has 1 amide bonds. The maximum Gasteiger partial charge on any atom is 0.248 e. The lowest BCUT2D eigenvalue weighted by molar-refractivity contribution is -0.111. The third-order valence-corrected chi connectivity index (χ3v) is 2.82. The van der Waals surface area contributed by atoms with Crippen LogP contribution in [0.5, 0.6) is 0 Å². The molecule has 0 aliphatic rings. The fourth-order valence-corrected chi connectivity index (χ4v) is 1.80. The van der Waals surface area contributed by atoms with E-state index in [-0.39, 0.29) is 11.9 Å². The van der Waals surface area contributed by atoms with Crippen molar-refractivity contribution in [1.82, 2.24) is 0 Å². The molecule has 1 unspecified atom stereocenters. The van der Waals surface area contributed by atoms with E-state index in [2.05, 4.69) is 12.2 Å². The molecule has 4 nitrogen and oxygen atoms in total. The minimum absolute atomic E-state index is 0.124. The smallest absolute Gasteiger partial charge is 0.248 e. The molecule has 0 saturated carbocycles. The van der Waals surface area contributed by atoms with E-state index in [1.807, 2.05) is 30.3 Å². The van der Waals surface area contributed by atoms with E-state index in [1.54, 1.807) is 6.08 Å². The second-order valence-electron chi connectivity index (χ2n) is 4.45. The molecule has 0 bridgehead atoms. The topological polar surface area (TPSA) is 81.1 Å². The summed E-state index contributed by atoms with van der Waals surface area (Å²) in [4.78, 5) is 11.8. The van der Waals surface area contributed by atoms with Gasteiger partial charge in [0, 0.05) is 11.7 Å². The summed E-state index contributed by atoms with van der Waals surface area (Å²) in [6.07, 6.45) is 6.06. The number of rotatable bonds is 7. The van der Waals surface area contributed by atoms with Gasteiger partial charge in [0.15, 0.2) is 0 Å². The van der Waals surface area contributed by atoms with E-state index < -0.39 is 0 Å². The largest absolute Gasteiger partial charge is 0.330 e. The van der Waals surface area contributed by atoms with E-state index in [0.717, 1.165) is 24.1 Å². The summed E-state index contributed by atoms with van der Waals surface area (Å²) in [6, 6.07) is 7.42. The van der Waals surface area contributed by atoms with Gasteiger partial charge in [-0.3, -0.25) is 4.79 Å². The maximum absolute atomic E-state index is 11.8. The highest BCUT2D eigenvalue weighted by Gasteiger charge is 2.10. The van der Waals surface area contributed by atoms with Gasteiger partial charge in [0.2, 0.25) is 5.91 Å². The molecule has 4 heteroatoms. The van der Waals surface area contributed by atoms with Gasteiger partial charge in [-0.2, -0.15) is 0 Å². The quantitative estimate of drug-likeness (QED) is 0.659.